The van der Waals surface area contributed by atoms with Crippen molar-refractivity contribution in [2.75, 3.05) is 0 Å². The molecule has 0 aromatic heterocycles. The van der Waals surface area contributed by atoms with E-state index in [1.807, 2.05) is 0 Å². The van der Waals surface area contributed by atoms with Crippen LogP contribution in [0.4, 0.5) is 0 Å². The van der Waals surface area contributed by atoms with Gasteiger partial charge in [-0.2, -0.15) is 0 Å². The van der Waals surface area contributed by atoms with Gasteiger partial charge in [-0.05, 0) is 35.2 Å². The van der Waals surface area contributed by atoms with E-state index in [2.05, 4.69) is 77.5 Å². The predicted molar refractivity (Wildman–Crippen MR) is 76.2 cm³/mol. The highest BCUT2D eigenvalue weighted by Gasteiger charge is 2.20. The van der Waals surface area contributed by atoms with Gasteiger partial charge in [0.05, 0.1) is 0 Å². The Morgan fingerprint density at radius 3 is 2.53 bits per heavy atom. The lowest BCUT2D eigenvalue weighted by Gasteiger charge is -2.13. The Morgan fingerprint density at radius 2 is 1.76 bits per heavy atom. The number of rotatable bonds is 1. The van der Waals surface area contributed by atoms with Crippen LogP contribution in [0.3, 0.4) is 0 Å². The van der Waals surface area contributed by atoms with Crippen LogP contribution in [-0.2, 0) is 0 Å². The van der Waals surface area contributed by atoms with Crippen molar-refractivity contribution in [3.05, 3.63) is 75.3 Å². The number of allylic oxidation sites excluding steroid dienone is 1. The summed E-state index contributed by atoms with van der Waals surface area (Å²) in [6, 6.07) is 15.0. The van der Waals surface area contributed by atoms with E-state index in [1.165, 1.54) is 26.7 Å². The molecule has 0 amide bonds. The summed E-state index contributed by atoms with van der Waals surface area (Å²) < 4.78 is 1.19. The van der Waals surface area contributed by atoms with Crippen molar-refractivity contribution in [2.45, 2.75) is 12.8 Å². The SMILES string of the molecule is Cc1c(Br)ccc2c1C=CC2c1ccccc1. The number of hydrogen-bond acceptors (Lipinski definition) is 0. The largest absolute Gasteiger partial charge is 0.0720 e. The summed E-state index contributed by atoms with van der Waals surface area (Å²) in [7, 11) is 0. The molecule has 0 saturated heterocycles. The van der Waals surface area contributed by atoms with E-state index >= 15 is 0 Å². The number of hydrogen-bond donors (Lipinski definition) is 0. The molecule has 2 aromatic carbocycles. The van der Waals surface area contributed by atoms with Crippen molar-refractivity contribution in [1.29, 1.82) is 0 Å². The van der Waals surface area contributed by atoms with Crippen LogP contribution in [0.15, 0.2) is 53.0 Å². The molecule has 0 heterocycles. The third-order valence-corrected chi connectivity index (χ3v) is 4.29. The van der Waals surface area contributed by atoms with Crippen molar-refractivity contribution in [1.82, 2.24) is 0 Å². The van der Waals surface area contributed by atoms with Gasteiger partial charge in [-0.3, -0.25) is 0 Å². The van der Waals surface area contributed by atoms with E-state index in [0.717, 1.165) is 0 Å². The summed E-state index contributed by atoms with van der Waals surface area (Å²) in [5.74, 6) is 0.415. The van der Waals surface area contributed by atoms with E-state index in [9.17, 15) is 0 Å². The average Bonchev–Trinajstić information content (AvgIpc) is 2.79. The number of benzene rings is 2. The summed E-state index contributed by atoms with van der Waals surface area (Å²) in [4.78, 5) is 0. The maximum Gasteiger partial charge on any atom is 0.0278 e. The molecular weight excluding hydrogens is 272 g/mol. The Morgan fingerprint density at radius 1 is 1.00 bits per heavy atom. The van der Waals surface area contributed by atoms with Gasteiger partial charge in [0.1, 0.15) is 0 Å². The van der Waals surface area contributed by atoms with Gasteiger partial charge in [0, 0.05) is 10.4 Å². The van der Waals surface area contributed by atoms with Crippen molar-refractivity contribution in [3.8, 4) is 0 Å². The normalized spacial score (nSPS) is 17.2. The Hall–Kier alpha value is -1.34. The fraction of sp³-hybridized carbons (Fsp3) is 0.125. The van der Waals surface area contributed by atoms with Crippen molar-refractivity contribution in [2.24, 2.45) is 0 Å². The first kappa shape index (κ1) is 10.8. The summed E-state index contributed by atoms with van der Waals surface area (Å²) in [6.07, 6.45) is 4.53. The van der Waals surface area contributed by atoms with Crippen LogP contribution in [0.25, 0.3) is 6.08 Å². The molecule has 84 valence electrons. The van der Waals surface area contributed by atoms with Crippen LogP contribution in [-0.4, -0.2) is 0 Å². The highest BCUT2D eigenvalue weighted by molar-refractivity contribution is 9.10. The molecule has 0 bridgehead atoms. The second kappa shape index (κ2) is 4.15. The minimum absolute atomic E-state index is 0.415. The molecule has 1 aliphatic carbocycles. The summed E-state index contributed by atoms with van der Waals surface area (Å²) in [5, 5.41) is 0. The molecule has 0 saturated carbocycles. The molecule has 2 aromatic rings. The summed E-state index contributed by atoms with van der Waals surface area (Å²) >= 11 is 3.59. The molecule has 0 radical (unpaired) electrons. The van der Waals surface area contributed by atoms with Gasteiger partial charge >= 0.3 is 0 Å². The van der Waals surface area contributed by atoms with Crippen LogP contribution in [0.2, 0.25) is 0 Å². The molecule has 0 fully saturated rings. The second-order valence-electron chi connectivity index (χ2n) is 4.42. The van der Waals surface area contributed by atoms with Gasteiger partial charge < -0.3 is 0 Å². The molecule has 17 heavy (non-hydrogen) atoms. The minimum atomic E-state index is 0.415. The van der Waals surface area contributed by atoms with Gasteiger partial charge in [-0.15, -0.1) is 0 Å². The zero-order valence-electron chi connectivity index (χ0n) is 9.65. The molecule has 0 N–H and O–H groups in total. The third kappa shape index (κ3) is 1.75. The smallest absolute Gasteiger partial charge is 0.0278 e. The second-order valence-corrected chi connectivity index (χ2v) is 5.28. The van der Waals surface area contributed by atoms with E-state index in [1.54, 1.807) is 0 Å². The first-order valence-corrected chi connectivity index (χ1v) is 6.59. The zero-order chi connectivity index (χ0) is 11.8. The first-order chi connectivity index (χ1) is 8.27. The molecule has 0 aliphatic heterocycles. The Bertz CT molecular complexity index is 582. The van der Waals surface area contributed by atoms with Crippen LogP contribution in [0.5, 0.6) is 0 Å². The highest BCUT2D eigenvalue weighted by atomic mass is 79.9. The highest BCUT2D eigenvalue weighted by Crippen LogP contribution is 2.38. The van der Waals surface area contributed by atoms with E-state index in [-0.39, 0.29) is 0 Å². The monoisotopic (exact) mass is 284 g/mol. The van der Waals surface area contributed by atoms with Crippen molar-refractivity contribution < 1.29 is 0 Å². The Balaban J connectivity index is 2.12. The first-order valence-electron chi connectivity index (χ1n) is 5.79. The van der Waals surface area contributed by atoms with E-state index in [0.29, 0.717) is 5.92 Å². The molecule has 0 nitrogen and oxygen atoms in total. The maximum absolute atomic E-state index is 3.59. The lowest BCUT2D eigenvalue weighted by atomic mass is 9.92. The molecule has 3 rings (SSSR count). The van der Waals surface area contributed by atoms with Crippen molar-refractivity contribution in [3.63, 3.8) is 0 Å². The standard InChI is InChI=1S/C16H13Br/c1-11-13-7-8-14(12-5-3-2-4-6-12)15(13)9-10-16(11)17/h2-10,14H,1H3. The lowest BCUT2D eigenvalue weighted by Crippen LogP contribution is -1.96. The van der Waals surface area contributed by atoms with Gasteiger partial charge in [-0.1, -0.05) is 64.5 Å². The van der Waals surface area contributed by atoms with Gasteiger partial charge in [0.2, 0.25) is 0 Å². The molecule has 1 atom stereocenters. The quantitative estimate of drug-likeness (QED) is 0.698. The van der Waals surface area contributed by atoms with Crippen LogP contribution in [0.1, 0.15) is 28.2 Å². The molecule has 1 heteroatoms. The lowest BCUT2D eigenvalue weighted by molar-refractivity contribution is 1.04. The van der Waals surface area contributed by atoms with Crippen LogP contribution < -0.4 is 0 Å². The molecule has 1 unspecified atom stereocenters. The van der Waals surface area contributed by atoms with Gasteiger partial charge in [0.25, 0.3) is 0 Å². The molecule has 1 aliphatic rings. The van der Waals surface area contributed by atoms with Crippen LogP contribution in [0, 0.1) is 6.92 Å². The van der Waals surface area contributed by atoms with E-state index < -0.39 is 0 Å². The zero-order valence-corrected chi connectivity index (χ0v) is 11.2. The van der Waals surface area contributed by atoms with Crippen molar-refractivity contribution >= 4 is 22.0 Å². The topological polar surface area (TPSA) is 0 Å². The van der Waals surface area contributed by atoms with Gasteiger partial charge in [-0.25, -0.2) is 0 Å². The fourth-order valence-corrected chi connectivity index (χ4v) is 2.81. The van der Waals surface area contributed by atoms with E-state index in [4.69, 9.17) is 0 Å². The number of fused-ring (bicyclic) bond motifs is 1. The fourth-order valence-electron chi connectivity index (χ4n) is 2.46. The third-order valence-electron chi connectivity index (χ3n) is 3.43. The number of halogens is 1. The van der Waals surface area contributed by atoms with Crippen LogP contribution >= 0.6 is 15.9 Å². The Kier molecular flexibility index (Phi) is 2.64. The summed E-state index contributed by atoms with van der Waals surface area (Å²) in [6.45, 7) is 2.17. The minimum Gasteiger partial charge on any atom is -0.0720 e. The maximum atomic E-state index is 3.59. The molecular formula is C16H13Br. The average molecular weight is 285 g/mol. The van der Waals surface area contributed by atoms with Gasteiger partial charge in [0.15, 0.2) is 0 Å². The molecule has 0 spiro atoms. The summed E-state index contributed by atoms with van der Waals surface area (Å²) in [5.41, 5.74) is 5.48. The Labute approximate surface area is 110 Å². The predicted octanol–water partition coefficient (Wildman–Crippen LogP) is 4.92.